The third-order valence-corrected chi connectivity index (χ3v) is 5.71. The van der Waals surface area contributed by atoms with E-state index in [0.717, 1.165) is 5.52 Å². The number of fused-ring (bicyclic) bond motifs is 1. The summed E-state index contributed by atoms with van der Waals surface area (Å²) in [5.74, 6) is 0.497. The molecule has 0 aromatic carbocycles. The maximum atomic E-state index is 12.4. The number of carbonyl (C=O) groups is 3. The van der Waals surface area contributed by atoms with Crippen LogP contribution >= 0.6 is 11.8 Å². The van der Waals surface area contributed by atoms with E-state index in [9.17, 15) is 14.4 Å². The number of hydrogen-bond donors (Lipinski definition) is 3. The van der Waals surface area contributed by atoms with Gasteiger partial charge in [-0.25, -0.2) is 4.98 Å². The normalized spacial score (nSPS) is 24.6. The number of thioether (sulfide) groups is 1. The Balaban J connectivity index is 1.26. The van der Waals surface area contributed by atoms with Gasteiger partial charge in [-0.15, -0.1) is 11.8 Å². The molecule has 4 rings (SSSR count). The Bertz CT molecular complexity index is 899. The predicted octanol–water partition coefficient (Wildman–Crippen LogP) is 0.238. The van der Waals surface area contributed by atoms with Gasteiger partial charge in [0.05, 0.1) is 16.8 Å². The number of nitrogens with one attached hydrogen (secondary N) is 3. The van der Waals surface area contributed by atoms with Gasteiger partial charge >= 0.3 is 0 Å². The molecule has 2 fully saturated rings. The lowest BCUT2D eigenvalue weighted by atomic mass is 9.86. The summed E-state index contributed by atoms with van der Waals surface area (Å²) in [5.41, 5.74) is 1.77. The minimum Gasteiger partial charge on any atom is -0.351 e. The second-order valence-corrected chi connectivity index (χ2v) is 7.75. The number of aromatic nitrogens is 2. The van der Waals surface area contributed by atoms with Crippen molar-refractivity contribution in [1.29, 1.82) is 0 Å². The van der Waals surface area contributed by atoms with Crippen LogP contribution in [0.2, 0.25) is 0 Å². The molecule has 1 aliphatic heterocycles. The Labute approximate surface area is 159 Å². The zero-order chi connectivity index (χ0) is 18.8. The fraction of sp³-hybridized carbons (Fsp3) is 0.389. The van der Waals surface area contributed by atoms with E-state index in [1.165, 1.54) is 11.8 Å². The van der Waals surface area contributed by atoms with Gasteiger partial charge in [-0.2, -0.15) is 0 Å². The van der Waals surface area contributed by atoms with Crippen molar-refractivity contribution in [2.75, 3.05) is 11.5 Å². The Morgan fingerprint density at radius 2 is 1.93 bits per heavy atom. The monoisotopic (exact) mass is 385 g/mol. The SMILES string of the molecule is O=C1CSC[C@@H](C(=O)NC2CC(NC(=O)c3ccc4ncccc4n3)C2)N1. The molecule has 2 aromatic rings. The Morgan fingerprint density at radius 3 is 2.74 bits per heavy atom. The number of nitrogens with zero attached hydrogens (tertiary/aromatic N) is 2. The van der Waals surface area contributed by atoms with Gasteiger partial charge in [0.15, 0.2) is 0 Å². The van der Waals surface area contributed by atoms with Gasteiger partial charge in [-0.3, -0.25) is 19.4 Å². The molecule has 2 aromatic heterocycles. The number of hydrogen-bond acceptors (Lipinski definition) is 6. The van der Waals surface area contributed by atoms with E-state index in [1.54, 1.807) is 24.4 Å². The van der Waals surface area contributed by atoms with E-state index in [0.29, 0.717) is 35.6 Å². The number of amides is 3. The summed E-state index contributed by atoms with van der Waals surface area (Å²) in [6.07, 6.45) is 3.02. The zero-order valence-corrected chi connectivity index (χ0v) is 15.3. The van der Waals surface area contributed by atoms with Gasteiger partial charge in [-0.1, -0.05) is 0 Å². The topological polar surface area (TPSA) is 113 Å². The molecule has 9 heteroatoms. The van der Waals surface area contributed by atoms with E-state index in [1.807, 2.05) is 6.07 Å². The molecule has 3 amide bonds. The standard InChI is InChI=1S/C18H19N5O3S/c24-16-9-27-8-15(23-16)18(26)21-11-6-10(7-11)20-17(25)14-4-3-12-13(22-14)2-1-5-19-12/h1-5,10-11,15H,6-9H2,(H,20,25)(H,21,26)(H,23,24)/t10?,11?,15-/m0/s1. The summed E-state index contributed by atoms with van der Waals surface area (Å²) < 4.78 is 0. The molecule has 1 atom stereocenters. The lowest BCUT2D eigenvalue weighted by molar-refractivity contribution is -0.128. The maximum Gasteiger partial charge on any atom is 0.270 e. The van der Waals surface area contributed by atoms with Gasteiger partial charge in [0, 0.05) is 24.0 Å². The molecule has 140 valence electrons. The van der Waals surface area contributed by atoms with Crippen molar-refractivity contribution in [2.24, 2.45) is 0 Å². The summed E-state index contributed by atoms with van der Waals surface area (Å²) in [7, 11) is 0. The molecule has 3 heterocycles. The van der Waals surface area contributed by atoms with E-state index in [2.05, 4.69) is 25.9 Å². The van der Waals surface area contributed by atoms with Crippen LogP contribution in [0.1, 0.15) is 23.3 Å². The van der Waals surface area contributed by atoms with Crippen LogP contribution < -0.4 is 16.0 Å². The van der Waals surface area contributed by atoms with Crippen LogP contribution in [0.4, 0.5) is 0 Å². The molecule has 1 aliphatic carbocycles. The Kier molecular flexibility index (Phi) is 4.93. The number of carbonyl (C=O) groups excluding carboxylic acids is 3. The molecular formula is C18H19N5O3S. The van der Waals surface area contributed by atoms with E-state index in [-0.39, 0.29) is 29.8 Å². The van der Waals surface area contributed by atoms with E-state index >= 15 is 0 Å². The third kappa shape index (κ3) is 4.02. The highest BCUT2D eigenvalue weighted by molar-refractivity contribution is 8.00. The first kappa shape index (κ1) is 17.7. The minimum atomic E-state index is -0.472. The van der Waals surface area contributed by atoms with Crippen LogP contribution in [0, 0.1) is 0 Å². The van der Waals surface area contributed by atoms with Crippen molar-refractivity contribution in [3.05, 3.63) is 36.2 Å². The molecule has 3 N–H and O–H groups in total. The highest BCUT2D eigenvalue weighted by Gasteiger charge is 2.34. The smallest absolute Gasteiger partial charge is 0.270 e. The second-order valence-electron chi connectivity index (χ2n) is 6.72. The van der Waals surface area contributed by atoms with E-state index < -0.39 is 6.04 Å². The molecule has 0 bridgehead atoms. The summed E-state index contributed by atoms with van der Waals surface area (Å²) >= 11 is 1.46. The van der Waals surface area contributed by atoms with Crippen molar-refractivity contribution >= 4 is 40.5 Å². The largest absolute Gasteiger partial charge is 0.351 e. The van der Waals surface area contributed by atoms with Gasteiger partial charge in [0.2, 0.25) is 11.8 Å². The first-order valence-corrected chi connectivity index (χ1v) is 9.94. The average Bonchev–Trinajstić information content (AvgIpc) is 2.65. The average molecular weight is 385 g/mol. The van der Waals surface area contributed by atoms with Gasteiger partial charge < -0.3 is 16.0 Å². The lowest BCUT2D eigenvalue weighted by Gasteiger charge is -2.37. The lowest BCUT2D eigenvalue weighted by Crippen LogP contribution is -2.58. The number of pyridine rings is 2. The second kappa shape index (κ2) is 7.51. The molecule has 27 heavy (non-hydrogen) atoms. The number of rotatable bonds is 4. The van der Waals surface area contributed by atoms with Crippen LogP contribution in [0.3, 0.4) is 0 Å². The first-order valence-electron chi connectivity index (χ1n) is 8.78. The Morgan fingerprint density at radius 1 is 1.11 bits per heavy atom. The minimum absolute atomic E-state index is 0.00418. The van der Waals surface area contributed by atoms with Crippen LogP contribution in [0.25, 0.3) is 11.0 Å². The molecular weight excluding hydrogens is 366 g/mol. The quantitative estimate of drug-likeness (QED) is 0.695. The van der Waals surface area contributed by atoms with Crippen LogP contribution in [0.5, 0.6) is 0 Å². The summed E-state index contributed by atoms with van der Waals surface area (Å²) in [6.45, 7) is 0. The van der Waals surface area contributed by atoms with Gasteiger partial charge in [0.1, 0.15) is 11.7 Å². The van der Waals surface area contributed by atoms with Gasteiger partial charge in [0.25, 0.3) is 5.91 Å². The van der Waals surface area contributed by atoms with Crippen molar-refractivity contribution < 1.29 is 14.4 Å². The summed E-state index contributed by atoms with van der Waals surface area (Å²) in [5, 5.41) is 8.57. The fourth-order valence-electron chi connectivity index (χ4n) is 3.19. The Hall–Kier alpha value is -2.68. The predicted molar refractivity (Wildman–Crippen MR) is 101 cm³/mol. The molecule has 2 aliphatic rings. The van der Waals surface area contributed by atoms with Crippen LogP contribution in [-0.2, 0) is 9.59 Å². The molecule has 1 saturated carbocycles. The highest BCUT2D eigenvalue weighted by atomic mass is 32.2. The van der Waals surface area contributed by atoms with Crippen LogP contribution in [0.15, 0.2) is 30.5 Å². The first-order chi connectivity index (χ1) is 13.1. The van der Waals surface area contributed by atoms with Crippen molar-refractivity contribution in [2.45, 2.75) is 31.0 Å². The van der Waals surface area contributed by atoms with Crippen LogP contribution in [-0.4, -0.2) is 57.3 Å². The van der Waals surface area contributed by atoms with Crippen molar-refractivity contribution in [1.82, 2.24) is 25.9 Å². The molecule has 0 radical (unpaired) electrons. The molecule has 0 spiro atoms. The van der Waals surface area contributed by atoms with Crippen molar-refractivity contribution in [3.63, 3.8) is 0 Å². The molecule has 8 nitrogen and oxygen atoms in total. The fourth-order valence-corrected chi connectivity index (χ4v) is 4.04. The highest BCUT2D eigenvalue weighted by Crippen LogP contribution is 2.21. The summed E-state index contributed by atoms with van der Waals surface area (Å²) in [6, 6.07) is 6.58. The molecule has 0 unspecified atom stereocenters. The summed E-state index contributed by atoms with van der Waals surface area (Å²) in [4.78, 5) is 44.4. The van der Waals surface area contributed by atoms with Gasteiger partial charge in [-0.05, 0) is 37.1 Å². The zero-order valence-electron chi connectivity index (χ0n) is 14.5. The molecule has 1 saturated heterocycles. The van der Waals surface area contributed by atoms with Crippen molar-refractivity contribution in [3.8, 4) is 0 Å². The third-order valence-electron chi connectivity index (χ3n) is 4.68. The maximum absolute atomic E-state index is 12.4. The van der Waals surface area contributed by atoms with E-state index in [4.69, 9.17) is 0 Å².